The number of aryl methyl sites for hydroxylation is 1. The third-order valence-corrected chi connectivity index (χ3v) is 6.55. The molecule has 2 aliphatic rings. The molecule has 0 heterocycles. The van der Waals surface area contributed by atoms with Gasteiger partial charge in [0.05, 0.1) is 0 Å². The predicted octanol–water partition coefficient (Wildman–Crippen LogP) is 6.20. The van der Waals surface area contributed by atoms with Gasteiger partial charge in [-0.3, -0.25) is 0 Å². The summed E-state index contributed by atoms with van der Waals surface area (Å²) in [7, 11) is 0. The molecular weight excluding hydrogens is 308 g/mol. The number of hydrogen-bond donors (Lipinski definition) is 0. The fraction of sp³-hybridized carbons (Fsp3) is 0.684. The van der Waals surface area contributed by atoms with Crippen LogP contribution in [0.2, 0.25) is 0 Å². The van der Waals surface area contributed by atoms with Gasteiger partial charge in [-0.2, -0.15) is 0 Å². The summed E-state index contributed by atoms with van der Waals surface area (Å²) in [5, 5.41) is 0. The molecule has 0 fully saturated rings. The van der Waals surface area contributed by atoms with Gasteiger partial charge in [0.1, 0.15) is 0 Å². The van der Waals surface area contributed by atoms with Crippen molar-refractivity contribution in [3.63, 3.8) is 0 Å². The highest BCUT2D eigenvalue weighted by Gasteiger charge is 2.38. The van der Waals surface area contributed by atoms with Crippen molar-refractivity contribution in [1.29, 1.82) is 0 Å². The fourth-order valence-corrected chi connectivity index (χ4v) is 4.73. The van der Waals surface area contributed by atoms with E-state index in [1.807, 2.05) is 0 Å². The van der Waals surface area contributed by atoms with E-state index in [1.165, 1.54) is 38.5 Å². The number of hydrogen-bond acceptors (Lipinski definition) is 0. The monoisotopic (exact) mass is 334 g/mol. The van der Waals surface area contributed by atoms with Crippen LogP contribution in [0.5, 0.6) is 0 Å². The van der Waals surface area contributed by atoms with E-state index in [-0.39, 0.29) is 0 Å². The van der Waals surface area contributed by atoms with Crippen molar-refractivity contribution in [3.05, 3.63) is 34.4 Å². The van der Waals surface area contributed by atoms with Gasteiger partial charge < -0.3 is 0 Å². The molecule has 0 aromatic heterocycles. The maximum atomic E-state index is 3.93. The summed E-state index contributed by atoms with van der Waals surface area (Å²) >= 11 is 3.93. The van der Waals surface area contributed by atoms with Crippen LogP contribution in [0, 0.1) is 0 Å². The Hall–Kier alpha value is -0.300. The molecule has 110 valence electrons. The SMILES string of the molecule is CC1(C)CCC(C)(C)c2cc3c(cc21)CCCCC3Br. The quantitative estimate of drug-likeness (QED) is 0.391. The molecule has 1 aromatic rings. The summed E-state index contributed by atoms with van der Waals surface area (Å²) in [4.78, 5) is 0.561. The first-order valence-electron chi connectivity index (χ1n) is 8.13. The average Bonchev–Trinajstić information content (AvgIpc) is 2.56. The molecule has 0 saturated heterocycles. The summed E-state index contributed by atoms with van der Waals surface area (Å²) in [5.41, 5.74) is 7.08. The van der Waals surface area contributed by atoms with Crippen molar-refractivity contribution in [1.82, 2.24) is 0 Å². The Bertz CT molecular complexity index is 525. The number of fused-ring (bicyclic) bond motifs is 2. The van der Waals surface area contributed by atoms with Crippen LogP contribution in [-0.4, -0.2) is 0 Å². The maximum absolute atomic E-state index is 3.93. The Morgan fingerprint density at radius 2 is 1.55 bits per heavy atom. The molecule has 0 N–H and O–H groups in total. The van der Waals surface area contributed by atoms with Crippen LogP contribution in [0.4, 0.5) is 0 Å². The van der Waals surface area contributed by atoms with Crippen LogP contribution >= 0.6 is 15.9 Å². The number of benzene rings is 1. The maximum Gasteiger partial charge on any atom is 0.0398 e. The predicted molar refractivity (Wildman–Crippen MR) is 91.0 cm³/mol. The van der Waals surface area contributed by atoms with Crippen LogP contribution in [-0.2, 0) is 17.3 Å². The molecular formula is C19H27Br. The topological polar surface area (TPSA) is 0 Å². The first-order chi connectivity index (χ1) is 9.31. The first kappa shape index (κ1) is 14.6. The number of alkyl halides is 1. The van der Waals surface area contributed by atoms with Gasteiger partial charge in [-0.25, -0.2) is 0 Å². The summed E-state index contributed by atoms with van der Waals surface area (Å²) < 4.78 is 0. The molecule has 2 aliphatic carbocycles. The van der Waals surface area contributed by atoms with Gasteiger partial charge in [0, 0.05) is 4.83 Å². The van der Waals surface area contributed by atoms with Gasteiger partial charge in [0.2, 0.25) is 0 Å². The summed E-state index contributed by atoms with van der Waals surface area (Å²) in [5.74, 6) is 0. The van der Waals surface area contributed by atoms with E-state index in [1.54, 1.807) is 22.3 Å². The average molecular weight is 335 g/mol. The molecule has 20 heavy (non-hydrogen) atoms. The van der Waals surface area contributed by atoms with Crippen LogP contribution in [0.3, 0.4) is 0 Å². The van der Waals surface area contributed by atoms with Crippen molar-refractivity contribution in [2.45, 2.75) is 81.9 Å². The van der Waals surface area contributed by atoms with Crippen molar-refractivity contribution in [2.75, 3.05) is 0 Å². The van der Waals surface area contributed by atoms with Gasteiger partial charge in [0.25, 0.3) is 0 Å². The molecule has 0 aliphatic heterocycles. The van der Waals surface area contributed by atoms with Crippen LogP contribution < -0.4 is 0 Å². The van der Waals surface area contributed by atoms with E-state index in [4.69, 9.17) is 0 Å². The van der Waals surface area contributed by atoms with Crippen molar-refractivity contribution >= 4 is 15.9 Å². The van der Waals surface area contributed by atoms with E-state index >= 15 is 0 Å². The van der Waals surface area contributed by atoms with E-state index in [0.717, 1.165) is 0 Å². The Kier molecular flexibility index (Phi) is 3.56. The van der Waals surface area contributed by atoms with Gasteiger partial charge in [0.15, 0.2) is 0 Å². The number of rotatable bonds is 0. The van der Waals surface area contributed by atoms with Crippen molar-refractivity contribution < 1.29 is 0 Å². The zero-order valence-corrected chi connectivity index (χ0v) is 14.9. The lowest BCUT2D eigenvalue weighted by atomic mass is 9.62. The highest BCUT2D eigenvalue weighted by molar-refractivity contribution is 9.09. The minimum Gasteiger partial charge on any atom is -0.0839 e. The minimum absolute atomic E-state index is 0.332. The first-order valence-corrected chi connectivity index (χ1v) is 9.05. The Labute approximate surface area is 132 Å². The summed E-state index contributed by atoms with van der Waals surface area (Å²) in [6, 6.07) is 5.11. The zero-order chi connectivity index (χ0) is 14.5. The second-order valence-electron chi connectivity index (χ2n) is 8.08. The Balaban J connectivity index is 2.21. The minimum atomic E-state index is 0.332. The van der Waals surface area contributed by atoms with Gasteiger partial charge >= 0.3 is 0 Å². The normalized spacial score (nSPS) is 27.4. The lowest BCUT2D eigenvalue weighted by Gasteiger charge is -2.42. The van der Waals surface area contributed by atoms with E-state index in [2.05, 4.69) is 55.8 Å². The summed E-state index contributed by atoms with van der Waals surface area (Å²) in [6.45, 7) is 9.70. The van der Waals surface area contributed by atoms with E-state index < -0.39 is 0 Å². The Morgan fingerprint density at radius 1 is 0.950 bits per heavy atom. The second kappa shape index (κ2) is 4.87. The molecule has 3 rings (SSSR count). The molecule has 1 heteroatoms. The molecule has 0 nitrogen and oxygen atoms in total. The van der Waals surface area contributed by atoms with Crippen molar-refractivity contribution in [2.24, 2.45) is 0 Å². The van der Waals surface area contributed by atoms with Gasteiger partial charge in [-0.05, 0) is 65.2 Å². The molecule has 0 radical (unpaired) electrons. The third-order valence-electron chi connectivity index (χ3n) is 5.60. The lowest BCUT2D eigenvalue weighted by Crippen LogP contribution is -2.34. The van der Waals surface area contributed by atoms with Crippen molar-refractivity contribution in [3.8, 4) is 0 Å². The Morgan fingerprint density at radius 3 is 2.20 bits per heavy atom. The van der Waals surface area contributed by atoms with Crippen LogP contribution in [0.15, 0.2) is 12.1 Å². The molecule has 1 aromatic carbocycles. The standard InChI is InChI=1S/C19H27Br/c1-18(2)9-10-19(3,4)16-12-14-13(11-15(16)18)7-5-6-8-17(14)20/h11-12,17H,5-10H2,1-4H3. The third kappa shape index (κ3) is 2.36. The smallest absolute Gasteiger partial charge is 0.0398 e. The lowest BCUT2D eigenvalue weighted by molar-refractivity contribution is 0.331. The van der Waals surface area contributed by atoms with E-state index in [0.29, 0.717) is 15.7 Å². The second-order valence-corrected chi connectivity index (χ2v) is 9.18. The largest absolute Gasteiger partial charge is 0.0839 e. The zero-order valence-electron chi connectivity index (χ0n) is 13.4. The number of halogens is 1. The molecule has 1 unspecified atom stereocenters. The molecule has 0 amide bonds. The van der Waals surface area contributed by atoms with Crippen LogP contribution in [0.25, 0.3) is 0 Å². The van der Waals surface area contributed by atoms with Crippen LogP contribution in [0.1, 0.15) is 86.9 Å². The molecule has 1 atom stereocenters. The molecule has 0 bridgehead atoms. The van der Waals surface area contributed by atoms with Gasteiger partial charge in [-0.15, -0.1) is 0 Å². The fourth-order valence-electron chi connectivity index (χ4n) is 3.98. The highest BCUT2D eigenvalue weighted by atomic mass is 79.9. The molecule has 0 spiro atoms. The molecule has 0 saturated carbocycles. The van der Waals surface area contributed by atoms with Gasteiger partial charge in [-0.1, -0.05) is 62.2 Å². The summed E-state index contributed by atoms with van der Waals surface area (Å²) in [6.07, 6.45) is 7.86. The highest BCUT2D eigenvalue weighted by Crippen LogP contribution is 2.48. The van der Waals surface area contributed by atoms with E-state index in [9.17, 15) is 0 Å².